The third-order valence-electron chi connectivity index (χ3n) is 5.79. The Morgan fingerprint density at radius 3 is 2.96 bits per heavy atom. The first-order chi connectivity index (χ1) is 13.3. The molecule has 2 aliphatic rings. The summed E-state index contributed by atoms with van der Waals surface area (Å²) in [5.74, 6) is 0.101. The SMILES string of the molecule is O=C(c1cccc2c1cnn2CCO)N(C1CC1)C1CCc2[nH]ncc2C1. The number of aromatic amines is 1. The number of fused-ring (bicyclic) bond motifs is 2. The van der Waals surface area contributed by atoms with Crippen molar-refractivity contribution < 1.29 is 9.90 Å². The Morgan fingerprint density at radius 2 is 2.15 bits per heavy atom. The Kier molecular flexibility index (Phi) is 3.97. The van der Waals surface area contributed by atoms with Gasteiger partial charge in [0.05, 0.1) is 36.6 Å². The van der Waals surface area contributed by atoms with E-state index in [-0.39, 0.29) is 18.6 Å². The first-order valence-electron chi connectivity index (χ1n) is 9.65. The van der Waals surface area contributed by atoms with E-state index in [2.05, 4.69) is 20.2 Å². The summed E-state index contributed by atoms with van der Waals surface area (Å²) in [5, 5.41) is 21.7. The van der Waals surface area contributed by atoms with Gasteiger partial charge in [0.2, 0.25) is 0 Å². The highest BCUT2D eigenvalue weighted by Crippen LogP contribution is 2.35. The summed E-state index contributed by atoms with van der Waals surface area (Å²) in [5.41, 5.74) is 4.05. The Balaban J connectivity index is 1.49. The summed E-state index contributed by atoms with van der Waals surface area (Å²) in [4.78, 5) is 15.7. The van der Waals surface area contributed by atoms with Crippen LogP contribution in [-0.2, 0) is 19.4 Å². The lowest BCUT2D eigenvalue weighted by molar-refractivity contribution is 0.0645. The number of hydrogen-bond acceptors (Lipinski definition) is 4. The number of carbonyl (C=O) groups excluding carboxylic acids is 1. The smallest absolute Gasteiger partial charge is 0.255 e. The van der Waals surface area contributed by atoms with E-state index in [0.29, 0.717) is 18.2 Å². The van der Waals surface area contributed by atoms with Gasteiger partial charge in [-0.15, -0.1) is 0 Å². The van der Waals surface area contributed by atoms with E-state index in [0.717, 1.165) is 43.0 Å². The molecule has 0 radical (unpaired) electrons. The van der Waals surface area contributed by atoms with Gasteiger partial charge in [-0.3, -0.25) is 14.6 Å². The van der Waals surface area contributed by atoms with Crippen LogP contribution in [0.15, 0.2) is 30.6 Å². The molecule has 1 unspecified atom stereocenters. The molecule has 140 valence electrons. The van der Waals surface area contributed by atoms with Gasteiger partial charge in [0, 0.05) is 23.2 Å². The van der Waals surface area contributed by atoms with Gasteiger partial charge in [0.15, 0.2) is 0 Å². The minimum Gasteiger partial charge on any atom is -0.394 e. The number of aliphatic hydroxyl groups excluding tert-OH is 1. The average Bonchev–Trinajstić information content (AvgIpc) is 3.25. The normalized spacial score (nSPS) is 19.2. The van der Waals surface area contributed by atoms with E-state index in [4.69, 9.17) is 0 Å². The molecule has 3 aromatic rings. The maximum Gasteiger partial charge on any atom is 0.255 e. The Labute approximate surface area is 157 Å². The van der Waals surface area contributed by atoms with Crippen molar-refractivity contribution in [2.24, 2.45) is 0 Å². The van der Waals surface area contributed by atoms with Crippen LogP contribution >= 0.6 is 0 Å². The molecule has 1 aromatic carbocycles. The number of amides is 1. The lowest BCUT2D eigenvalue weighted by Crippen LogP contribution is -2.44. The number of aromatic nitrogens is 4. The zero-order valence-corrected chi connectivity index (χ0v) is 15.1. The van der Waals surface area contributed by atoms with Crippen molar-refractivity contribution in [1.82, 2.24) is 24.9 Å². The van der Waals surface area contributed by atoms with Crippen LogP contribution in [0.5, 0.6) is 0 Å². The molecule has 1 atom stereocenters. The molecule has 2 N–H and O–H groups in total. The Morgan fingerprint density at radius 1 is 1.26 bits per heavy atom. The van der Waals surface area contributed by atoms with Crippen LogP contribution in [-0.4, -0.2) is 54.6 Å². The molecule has 0 spiro atoms. The van der Waals surface area contributed by atoms with Crippen LogP contribution in [0.4, 0.5) is 0 Å². The number of hydrogen-bond donors (Lipinski definition) is 2. The maximum absolute atomic E-state index is 13.6. The molecule has 2 heterocycles. The summed E-state index contributed by atoms with van der Waals surface area (Å²) in [6.07, 6.45) is 8.59. The second-order valence-corrected chi connectivity index (χ2v) is 7.54. The molecule has 5 rings (SSSR count). The van der Waals surface area contributed by atoms with E-state index in [9.17, 15) is 9.90 Å². The number of aliphatic hydroxyl groups is 1. The van der Waals surface area contributed by atoms with Crippen LogP contribution in [0.3, 0.4) is 0 Å². The summed E-state index contributed by atoms with van der Waals surface area (Å²) in [7, 11) is 0. The van der Waals surface area contributed by atoms with Crippen LogP contribution in [0.1, 0.15) is 40.9 Å². The number of nitrogens with one attached hydrogen (secondary N) is 1. The second-order valence-electron chi connectivity index (χ2n) is 7.54. The quantitative estimate of drug-likeness (QED) is 0.723. The van der Waals surface area contributed by atoms with Gasteiger partial charge in [-0.1, -0.05) is 6.07 Å². The zero-order valence-electron chi connectivity index (χ0n) is 15.1. The highest BCUT2D eigenvalue weighted by Gasteiger charge is 2.39. The van der Waals surface area contributed by atoms with Crippen LogP contribution in [0, 0.1) is 0 Å². The summed E-state index contributed by atoms with van der Waals surface area (Å²) in [6.45, 7) is 0.456. The number of aryl methyl sites for hydroxylation is 1. The van der Waals surface area contributed by atoms with Gasteiger partial charge in [0.1, 0.15) is 0 Å². The number of H-pyrrole nitrogens is 1. The predicted molar refractivity (Wildman–Crippen MR) is 100 cm³/mol. The highest BCUT2D eigenvalue weighted by molar-refractivity contribution is 6.06. The van der Waals surface area contributed by atoms with Gasteiger partial charge in [0.25, 0.3) is 5.91 Å². The van der Waals surface area contributed by atoms with Gasteiger partial charge in [-0.2, -0.15) is 10.2 Å². The minimum atomic E-state index is 0.0261. The summed E-state index contributed by atoms with van der Waals surface area (Å²) < 4.78 is 1.76. The van der Waals surface area contributed by atoms with E-state index in [1.807, 2.05) is 24.4 Å². The Bertz CT molecular complexity index is 987. The van der Waals surface area contributed by atoms with Crippen molar-refractivity contribution in [2.45, 2.75) is 50.7 Å². The van der Waals surface area contributed by atoms with E-state index in [1.165, 1.54) is 11.3 Å². The third kappa shape index (κ3) is 2.82. The fraction of sp³-hybridized carbons (Fsp3) is 0.450. The Hall–Kier alpha value is -2.67. The highest BCUT2D eigenvalue weighted by atomic mass is 16.3. The van der Waals surface area contributed by atoms with E-state index >= 15 is 0 Å². The molecular formula is C20H23N5O2. The average molecular weight is 365 g/mol. The first kappa shape index (κ1) is 16.5. The van der Waals surface area contributed by atoms with Crippen molar-refractivity contribution in [3.63, 3.8) is 0 Å². The number of nitrogens with zero attached hydrogens (tertiary/aromatic N) is 4. The third-order valence-corrected chi connectivity index (χ3v) is 5.79. The van der Waals surface area contributed by atoms with Crippen molar-refractivity contribution in [2.75, 3.05) is 6.61 Å². The largest absolute Gasteiger partial charge is 0.394 e. The van der Waals surface area contributed by atoms with E-state index < -0.39 is 0 Å². The summed E-state index contributed by atoms with van der Waals surface area (Å²) in [6, 6.07) is 6.33. The number of benzene rings is 1. The fourth-order valence-corrected chi connectivity index (χ4v) is 4.32. The molecule has 27 heavy (non-hydrogen) atoms. The van der Waals surface area contributed by atoms with Crippen molar-refractivity contribution >= 4 is 16.8 Å². The molecule has 7 heteroatoms. The van der Waals surface area contributed by atoms with Crippen molar-refractivity contribution in [3.05, 3.63) is 47.4 Å². The first-order valence-corrected chi connectivity index (χ1v) is 9.65. The molecule has 2 aromatic heterocycles. The predicted octanol–water partition coefficient (Wildman–Crippen LogP) is 1.91. The van der Waals surface area contributed by atoms with Gasteiger partial charge in [-0.25, -0.2) is 0 Å². The molecule has 7 nitrogen and oxygen atoms in total. The topological polar surface area (TPSA) is 87.0 Å². The molecule has 1 saturated carbocycles. The molecular weight excluding hydrogens is 342 g/mol. The standard InChI is InChI=1S/C20H23N5O2/c26-9-8-24-19-3-1-2-16(17(19)12-22-24)20(27)25(14-4-5-14)15-6-7-18-13(10-15)11-21-23-18/h1-3,11-12,14-15,26H,4-10H2,(H,21,23). The van der Waals surface area contributed by atoms with Gasteiger partial charge >= 0.3 is 0 Å². The molecule has 2 aliphatic carbocycles. The monoisotopic (exact) mass is 365 g/mol. The fourth-order valence-electron chi connectivity index (χ4n) is 4.32. The molecule has 0 aliphatic heterocycles. The zero-order chi connectivity index (χ0) is 18.4. The summed E-state index contributed by atoms with van der Waals surface area (Å²) >= 11 is 0. The molecule has 0 bridgehead atoms. The molecule has 0 saturated heterocycles. The van der Waals surface area contributed by atoms with Gasteiger partial charge in [-0.05, 0) is 49.8 Å². The van der Waals surface area contributed by atoms with Gasteiger partial charge < -0.3 is 10.0 Å². The molecule has 1 fully saturated rings. The van der Waals surface area contributed by atoms with Crippen molar-refractivity contribution in [1.29, 1.82) is 0 Å². The lowest BCUT2D eigenvalue weighted by Gasteiger charge is -2.34. The number of carbonyl (C=O) groups is 1. The number of rotatable bonds is 5. The molecule has 1 amide bonds. The van der Waals surface area contributed by atoms with Crippen molar-refractivity contribution in [3.8, 4) is 0 Å². The maximum atomic E-state index is 13.6. The lowest BCUT2D eigenvalue weighted by atomic mass is 9.91. The van der Waals surface area contributed by atoms with E-state index in [1.54, 1.807) is 10.9 Å². The van der Waals surface area contributed by atoms with Crippen LogP contribution in [0.25, 0.3) is 10.9 Å². The van der Waals surface area contributed by atoms with Crippen LogP contribution < -0.4 is 0 Å². The van der Waals surface area contributed by atoms with Crippen LogP contribution in [0.2, 0.25) is 0 Å². The second kappa shape index (κ2) is 6.49. The minimum absolute atomic E-state index is 0.0261.